The lowest BCUT2D eigenvalue weighted by atomic mass is 9.99. The number of benzene rings is 1. The Bertz CT molecular complexity index is 547. The van der Waals surface area contributed by atoms with E-state index in [1.807, 2.05) is 20.8 Å². The normalized spacial score (nSPS) is 13.4. The van der Waals surface area contributed by atoms with Crippen LogP contribution in [0, 0.1) is 6.92 Å². The molecule has 128 valence electrons. The number of hydrogen-bond donors (Lipinski definition) is 2. The van der Waals surface area contributed by atoms with Gasteiger partial charge in [-0.1, -0.05) is 36.8 Å². The summed E-state index contributed by atoms with van der Waals surface area (Å²) in [4.78, 5) is 15.8. The lowest BCUT2D eigenvalue weighted by Crippen LogP contribution is -2.42. The first-order chi connectivity index (χ1) is 10.7. The van der Waals surface area contributed by atoms with Crippen molar-refractivity contribution in [3.8, 4) is 0 Å². The minimum absolute atomic E-state index is 0.0930. The van der Waals surface area contributed by atoms with Crippen molar-refractivity contribution >= 4 is 11.9 Å². The molecule has 5 heteroatoms. The van der Waals surface area contributed by atoms with E-state index in [0.717, 1.165) is 6.54 Å². The van der Waals surface area contributed by atoms with Gasteiger partial charge in [0.25, 0.3) is 0 Å². The molecule has 0 fully saturated rings. The summed E-state index contributed by atoms with van der Waals surface area (Å²) in [7, 11) is 1.68. The van der Waals surface area contributed by atoms with Crippen molar-refractivity contribution in [2.45, 2.75) is 46.1 Å². The van der Waals surface area contributed by atoms with E-state index in [1.54, 1.807) is 7.05 Å². The average Bonchev–Trinajstić information content (AvgIpc) is 2.45. The molecule has 0 amide bonds. The largest absolute Gasteiger partial charge is 0.459 e. The molecule has 1 rings (SSSR count). The van der Waals surface area contributed by atoms with Crippen LogP contribution in [0.2, 0.25) is 0 Å². The van der Waals surface area contributed by atoms with E-state index >= 15 is 0 Å². The van der Waals surface area contributed by atoms with Gasteiger partial charge in [0, 0.05) is 13.6 Å². The molecule has 0 heterocycles. The molecule has 0 aliphatic rings. The highest BCUT2D eigenvalue weighted by molar-refractivity contribution is 5.84. The van der Waals surface area contributed by atoms with Crippen LogP contribution < -0.4 is 10.6 Å². The maximum Gasteiger partial charge on any atom is 0.325 e. The number of hydrogen-bond acceptors (Lipinski definition) is 3. The van der Waals surface area contributed by atoms with Crippen molar-refractivity contribution in [2.24, 2.45) is 4.99 Å². The number of rotatable bonds is 5. The molecule has 5 nitrogen and oxygen atoms in total. The standard InChI is InChI=1S/C18H29N3O2/c1-13-8-7-9-15(10-13)14(2)11-20-17(19-6)21-12-16(22)23-18(3,4)5/h7-10,14H,11-12H2,1-6H3,(H2,19,20,21). The molecule has 0 aliphatic carbocycles. The summed E-state index contributed by atoms with van der Waals surface area (Å²) in [6.45, 7) is 10.6. The molecule has 2 N–H and O–H groups in total. The minimum Gasteiger partial charge on any atom is -0.459 e. The van der Waals surface area contributed by atoms with Crippen molar-refractivity contribution in [3.05, 3.63) is 35.4 Å². The van der Waals surface area contributed by atoms with Gasteiger partial charge in [0.1, 0.15) is 12.1 Å². The molecular weight excluding hydrogens is 290 g/mol. The highest BCUT2D eigenvalue weighted by Gasteiger charge is 2.16. The molecule has 0 radical (unpaired) electrons. The summed E-state index contributed by atoms with van der Waals surface area (Å²) in [6, 6.07) is 8.46. The van der Waals surface area contributed by atoms with Crippen molar-refractivity contribution in [2.75, 3.05) is 20.1 Å². The van der Waals surface area contributed by atoms with Crippen LogP contribution in [0.5, 0.6) is 0 Å². The van der Waals surface area contributed by atoms with Crippen LogP contribution in [0.25, 0.3) is 0 Å². The number of carbonyl (C=O) groups excluding carboxylic acids is 1. The first-order valence-corrected chi connectivity index (χ1v) is 7.94. The Labute approximate surface area is 139 Å². The number of aliphatic imine (C=N–C) groups is 1. The minimum atomic E-state index is -0.477. The Morgan fingerprint density at radius 2 is 2.00 bits per heavy atom. The van der Waals surface area contributed by atoms with E-state index in [9.17, 15) is 4.79 Å². The van der Waals surface area contributed by atoms with E-state index in [-0.39, 0.29) is 12.5 Å². The molecule has 1 unspecified atom stereocenters. The molecule has 0 spiro atoms. The summed E-state index contributed by atoms with van der Waals surface area (Å²) < 4.78 is 5.26. The third-order valence-electron chi connectivity index (χ3n) is 3.23. The van der Waals surface area contributed by atoms with Gasteiger partial charge in [-0.2, -0.15) is 0 Å². The smallest absolute Gasteiger partial charge is 0.325 e. The monoisotopic (exact) mass is 319 g/mol. The lowest BCUT2D eigenvalue weighted by molar-refractivity contribution is -0.153. The van der Waals surface area contributed by atoms with Crippen LogP contribution in [-0.2, 0) is 9.53 Å². The summed E-state index contributed by atoms with van der Waals surface area (Å²) in [5, 5.41) is 6.21. The second-order valence-corrected chi connectivity index (χ2v) is 6.71. The third-order valence-corrected chi connectivity index (χ3v) is 3.23. The molecule has 0 aliphatic heterocycles. The van der Waals surface area contributed by atoms with E-state index in [1.165, 1.54) is 11.1 Å². The van der Waals surface area contributed by atoms with E-state index in [4.69, 9.17) is 4.74 Å². The van der Waals surface area contributed by atoms with Gasteiger partial charge < -0.3 is 15.4 Å². The SMILES string of the molecule is CN=C(NCC(=O)OC(C)(C)C)NCC(C)c1cccc(C)c1. The van der Waals surface area contributed by atoms with Crippen LogP contribution in [0.15, 0.2) is 29.3 Å². The zero-order valence-electron chi connectivity index (χ0n) is 15.1. The van der Waals surface area contributed by atoms with Crippen LogP contribution in [-0.4, -0.2) is 37.7 Å². The quantitative estimate of drug-likeness (QED) is 0.497. The number of nitrogens with one attached hydrogen (secondary N) is 2. The summed E-state index contributed by atoms with van der Waals surface area (Å²) in [6.07, 6.45) is 0. The second-order valence-electron chi connectivity index (χ2n) is 6.71. The molecule has 0 saturated heterocycles. The lowest BCUT2D eigenvalue weighted by Gasteiger charge is -2.20. The number of guanidine groups is 1. The van der Waals surface area contributed by atoms with Gasteiger partial charge in [0.15, 0.2) is 5.96 Å². The Morgan fingerprint density at radius 1 is 1.30 bits per heavy atom. The predicted octanol–water partition coefficient (Wildman–Crippen LogP) is 2.61. The van der Waals surface area contributed by atoms with Crippen molar-refractivity contribution in [1.82, 2.24) is 10.6 Å². The van der Waals surface area contributed by atoms with E-state index in [2.05, 4.69) is 53.7 Å². The molecule has 1 aromatic carbocycles. The van der Waals surface area contributed by atoms with Crippen molar-refractivity contribution in [1.29, 1.82) is 0 Å². The Hall–Kier alpha value is -2.04. The molecule has 23 heavy (non-hydrogen) atoms. The predicted molar refractivity (Wildman–Crippen MR) is 94.8 cm³/mol. The average molecular weight is 319 g/mol. The maximum atomic E-state index is 11.7. The molecule has 0 saturated carbocycles. The van der Waals surface area contributed by atoms with Crippen LogP contribution in [0.4, 0.5) is 0 Å². The van der Waals surface area contributed by atoms with Gasteiger partial charge in [0.2, 0.25) is 0 Å². The fraction of sp³-hybridized carbons (Fsp3) is 0.556. The number of esters is 1. The summed E-state index contributed by atoms with van der Waals surface area (Å²) >= 11 is 0. The highest BCUT2D eigenvalue weighted by Crippen LogP contribution is 2.15. The zero-order chi connectivity index (χ0) is 17.5. The van der Waals surface area contributed by atoms with Gasteiger partial charge in [-0.3, -0.25) is 9.79 Å². The molecular formula is C18H29N3O2. The topological polar surface area (TPSA) is 62.7 Å². The fourth-order valence-corrected chi connectivity index (χ4v) is 2.10. The summed E-state index contributed by atoms with van der Waals surface area (Å²) in [5.74, 6) is 0.637. The van der Waals surface area contributed by atoms with Gasteiger partial charge in [0.05, 0.1) is 0 Å². The number of nitrogens with zero attached hydrogens (tertiary/aromatic N) is 1. The van der Waals surface area contributed by atoms with Crippen molar-refractivity contribution in [3.63, 3.8) is 0 Å². The van der Waals surface area contributed by atoms with Crippen LogP contribution in [0.3, 0.4) is 0 Å². The molecule has 1 aromatic rings. The first-order valence-electron chi connectivity index (χ1n) is 7.94. The van der Waals surface area contributed by atoms with E-state index in [0.29, 0.717) is 11.9 Å². The molecule has 0 aromatic heterocycles. The third kappa shape index (κ3) is 7.68. The highest BCUT2D eigenvalue weighted by atomic mass is 16.6. The number of carbonyl (C=O) groups is 1. The zero-order valence-corrected chi connectivity index (χ0v) is 15.1. The van der Waals surface area contributed by atoms with Gasteiger partial charge in [-0.25, -0.2) is 0 Å². The Morgan fingerprint density at radius 3 is 2.57 bits per heavy atom. The summed E-state index contributed by atoms with van der Waals surface area (Å²) in [5.41, 5.74) is 2.05. The van der Waals surface area contributed by atoms with Crippen molar-refractivity contribution < 1.29 is 9.53 Å². The Balaban J connectivity index is 2.44. The second kappa shape index (κ2) is 8.56. The maximum absolute atomic E-state index is 11.7. The Kier molecular flexibility index (Phi) is 7.07. The number of ether oxygens (including phenoxy) is 1. The molecule has 1 atom stereocenters. The van der Waals surface area contributed by atoms with Gasteiger partial charge in [-0.05, 0) is 39.2 Å². The van der Waals surface area contributed by atoms with E-state index < -0.39 is 5.60 Å². The van der Waals surface area contributed by atoms with Crippen LogP contribution >= 0.6 is 0 Å². The number of aryl methyl sites for hydroxylation is 1. The van der Waals surface area contributed by atoms with Crippen LogP contribution in [0.1, 0.15) is 44.7 Å². The fourth-order valence-electron chi connectivity index (χ4n) is 2.10. The van der Waals surface area contributed by atoms with Gasteiger partial charge >= 0.3 is 5.97 Å². The van der Waals surface area contributed by atoms with Gasteiger partial charge in [-0.15, -0.1) is 0 Å². The first kappa shape index (κ1) is 19.0. The molecule has 0 bridgehead atoms.